The van der Waals surface area contributed by atoms with Crippen molar-refractivity contribution < 1.29 is 9.47 Å². The number of nitrogens with one attached hydrogen (secondary N) is 1. The highest BCUT2D eigenvalue weighted by Gasteiger charge is 2.23. The topological polar surface area (TPSA) is 30.5 Å². The second kappa shape index (κ2) is 7.21. The Morgan fingerprint density at radius 1 is 1.29 bits per heavy atom. The van der Waals surface area contributed by atoms with E-state index in [9.17, 15) is 0 Å². The van der Waals surface area contributed by atoms with E-state index < -0.39 is 0 Å². The fourth-order valence-electron chi connectivity index (χ4n) is 2.07. The quantitative estimate of drug-likeness (QED) is 0.662. The minimum absolute atomic E-state index is 0.408. The van der Waals surface area contributed by atoms with Gasteiger partial charge >= 0.3 is 0 Å². The molecule has 0 heterocycles. The molecule has 1 aliphatic carbocycles. The Morgan fingerprint density at radius 3 is 2.79 bits per heavy atom. The molecule has 1 rings (SSSR count). The highest BCUT2D eigenvalue weighted by Crippen LogP contribution is 2.20. The normalized spacial score (nSPS) is 27.9. The van der Waals surface area contributed by atoms with Crippen molar-refractivity contribution in [3.8, 4) is 0 Å². The van der Waals surface area contributed by atoms with Crippen LogP contribution in [0, 0.1) is 0 Å². The van der Waals surface area contributed by atoms with Gasteiger partial charge < -0.3 is 14.8 Å². The summed E-state index contributed by atoms with van der Waals surface area (Å²) in [5.41, 5.74) is 0. The zero-order valence-corrected chi connectivity index (χ0v) is 9.42. The second-order valence-electron chi connectivity index (χ2n) is 3.82. The molecular weight excluding hydrogens is 178 g/mol. The first-order valence-corrected chi connectivity index (χ1v) is 5.72. The molecule has 1 aliphatic rings. The van der Waals surface area contributed by atoms with E-state index >= 15 is 0 Å². The Morgan fingerprint density at radius 2 is 2.07 bits per heavy atom. The van der Waals surface area contributed by atoms with Crippen LogP contribution in [0.15, 0.2) is 0 Å². The van der Waals surface area contributed by atoms with Crippen LogP contribution in [-0.4, -0.2) is 39.0 Å². The summed E-state index contributed by atoms with van der Waals surface area (Å²) in [6.45, 7) is 4.58. The Kier molecular flexibility index (Phi) is 6.15. The lowest BCUT2D eigenvalue weighted by atomic mass is 9.92. The molecule has 0 aromatic rings. The third-order valence-electron chi connectivity index (χ3n) is 2.86. The summed E-state index contributed by atoms with van der Waals surface area (Å²) < 4.78 is 10.7. The molecule has 0 aromatic heterocycles. The van der Waals surface area contributed by atoms with Gasteiger partial charge in [0.2, 0.25) is 0 Å². The van der Waals surface area contributed by atoms with Crippen molar-refractivity contribution in [2.45, 2.75) is 44.8 Å². The van der Waals surface area contributed by atoms with Crippen molar-refractivity contribution >= 4 is 0 Å². The van der Waals surface area contributed by atoms with Gasteiger partial charge in [-0.2, -0.15) is 0 Å². The van der Waals surface area contributed by atoms with Crippen molar-refractivity contribution in [3.05, 3.63) is 0 Å². The first-order chi connectivity index (χ1) is 6.88. The molecule has 84 valence electrons. The van der Waals surface area contributed by atoms with Crippen molar-refractivity contribution in [3.63, 3.8) is 0 Å². The van der Waals surface area contributed by atoms with Crippen molar-refractivity contribution in [2.24, 2.45) is 0 Å². The number of rotatable bonds is 6. The minimum atomic E-state index is 0.408. The van der Waals surface area contributed by atoms with Gasteiger partial charge in [-0.05, 0) is 19.8 Å². The van der Waals surface area contributed by atoms with Gasteiger partial charge in [-0.3, -0.25) is 0 Å². The smallest absolute Gasteiger partial charge is 0.0724 e. The van der Waals surface area contributed by atoms with Crippen LogP contribution in [-0.2, 0) is 9.47 Å². The number of hydrogen-bond donors (Lipinski definition) is 1. The maximum atomic E-state index is 5.46. The third-order valence-corrected chi connectivity index (χ3v) is 2.86. The van der Waals surface area contributed by atoms with Crippen LogP contribution >= 0.6 is 0 Å². The van der Waals surface area contributed by atoms with Gasteiger partial charge in [-0.1, -0.05) is 12.8 Å². The van der Waals surface area contributed by atoms with E-state index in [1.807, 2.05) is 14.0 Å². The number of hydrogen-bond acceptors (Lipinski definition) is 3. The second-order valence-corrected chi connectivity index (χ2v) is 3.82. The van der Waals surface area contributed by atoms with Gasteiger partial charge in [0.05, 0.1) is 12.7 Å². The summed E-state index contributed by atoms with van der Waals surface area (Å²) >= 11 is 0. The summed E-state index contributed by atoms with van der Waals surface area (Å²) in [5, 5.41) is 3.51. The Balaban J connectivity index is 2.13. The first kappa shape index (κ1) is 12.0. The fraction of sp³-hybridized carbons (Fsp3) is 1.00. The Hall–Kier alpha value is -0.120. The van der Waals surface area contributed by atoms with Crippen LogP contribution in [0.1, 0.15) is 32.6 Å². The van der Waals surface area contributed by atoms with Crippen molar-refractivity contribution in [2.75, 3.05) is 26.9 Å². The molecule has 1 fully saturated rings. The molecular formula is C11H23NO2. The van der Waals surface area contributed by atoms with E-state index in [2.05, 4.69) is 5.32 Å². The SMILES string of the molecule is CCOCCNC1CCCCC1OC. The van der Waals surface area contributed by atoms with E-state index in [-0.39, 0.29) is 0 Å². The third kappa shape index (κ3) is 3.95. The van der Waals surface area contributed by atoms with E-state index in [0.29, 0.717) is 12.1 Å². The standard InChI is InChI=1S/C11H23NO2/c1-3-14-9-8-12-10-6-4-5-7-11(10)13-2/h10-12H,3-9H2,1-2H3. The molecule has 0 amide bonds. The van der Waals surface area contributed by atoms with Gasteiger partial charge in [0.25, 0.3) is 0 Å². The van der Waals surface area contributed by atoms with Crippen LogP contribution in [0.4, 0.5) is 0 Å². The van der Waals surface area contributed by atoms with Gasteiger partial charge in [-0.15, -0.1) is 0 Å². The molecule has 2 unspecified atom stereocenters. The molecule has 0 spiro atoms. The molecule has 1 saturated carbocycles. The predicted octanol–water partition coefficient (Wildman–Crippen LogP) is 1.57. The van der Waals surface area contributed by atoms with E-state index in [1.165, 1.54) is 25.7 Å². The van der Waals surface area contributed by atoms with Gasteiger partial charge in [0.1, 0.15) is 0 Å². The monoisotopic (exact) mass is 201 g/mol. The fourth-order valence-corrected chi connectivity index (χ4v) is 2.07. The van der Waals surface area contributed by atoms with Crippen LogP contribution < -0.4 is 5.32 Å². The van der Waals surface area contributed by atoms with Crippen molar-refractivity contribution in [1.82, 2.24) is 5.32 Å². The number of ether oxygens (including phenoxy) is 2. The molecule has 0 saturated heterocycles. The molecule has 14 heavy (non-hydrogen) atoms. The largest absolute Gasteiger partial charge is 0.380 e. The lowest BCUT2D eigenvalue weighted by molar-refractivity contribution is 0.0382. The summed E-state index contributed by atoms with van der Waals surface area (Å²) in [6, 6.07) is 0.536. The van der Waals surface area contributed by atoms with Gasteiger partial charge in [0.15, 0.2) is 0 Å². The average Bonchev–Trinajstić information content (AvgIpc) is 2.25. The first-order valence-electron chi connectivity index (χ1n) is 5.72. The highest BCUT2D eigenvalue weighted by atomic mass is 16.5. The van der Waals surface area contributed by atoms with Crippen molar-refractivity contribution in [1.29, 1.82) is 0 Å². The molecule has 0 aliphatic heterocycles. The summed E-state index contributed by atoms with van der Waals surface area (Å²) in [4.78, 5) is 0. The molecule has 1 N–H and O–H groups in total. The number of methoxy groups -OCH3 is 1. The maximum Gasteiger partial charge on any atom is 0.0724 e. The Bertz CT molecular complexity index is 141. The molecule has 0 aromatic carbocycles. The van der Waals surface area contributed by atoms with Crippen LogP contribution in [0.2, 0.25) is 0 Å². The molecule has 3 heteroatoms. The zero-order chi connectivity index (χ0) is 10.2. The van der Waals surface area contributed by atoms with Crippen LogP contribution in [0.25, 0.3) is 0 Å². The van der Waals surface area contributed by atoms with Gasteiger partial charge in [0, 0.05) is 26.3 Å². The van der Waals surface area contributed by atoms with E-state index in [0.717, 1.165) is 19.8 Å². The average molecular weight is 201 g/mol. The van der Waals surface area contributed by atoms with E-state index in [1.54, 1.807) is 0 Å². The highest BCUT2D eigenvalue weighted by molar-refractivity contribution is 4.81. The maximum absolute atomic E-state index is 5.46. The summed E-state index contributed by atoms with van der Waals surface area (Å²) in [6.07, 6.45) is 5.48. The summed E-state index contributed by atoms with van der Waals surface area (Å²) in [7, 11) is 1.81. The lowest BCUT2D eigenvalue weighted by Gasteiger charge is -2.31. The molecule has 3 nitrogen and oxygen atoms in total. The molecule has 2 atom stereocenters. The molecule has 0 bridgehead atoms. The molecule has 0 radical (unpaired) electrons. The minimum Gasteiger partial charge on any atom is -0.380 e. The predicted molar refractivity (Wildman–Crippen MR) is 57.5 cm³/mol. The summed E-state index contributed by atoms with van der Waals surface area (Å²) in [5.74, 6) is 0. The van der Waals surface area contributed by atoms with Crippen LogP contribution in [0.3, 0.4) is 0 Å². The van der Waals surface area contributed by atoms with Gasteiger partial charge in [-0.25, -0.2) is 0 Å². The zero-order valence-electron chi connectivity index (χ0n) is 9.42. The lowest BCUT2D eigenvalue weighted by Crippen LogP contribution is -2.44. The van der Waals surface area contributed by atoms with E-state index in [4.69, 9.17) is 9.47 Å². The van der Waals surface area contributed by atoms with Crippen LogP contribution in [0.5, 0.6) is 0 Å². The Labute approximate surface area is 87.2 Å².